The van der Waals surface area contributed by atoms with Gasteiger partial charge in [-0.25, -0.2) is 13.8 Å². The highest BCUT2D eigenvalue weighted by Gasteiger charge is 2.11. The molecule has 0 aromatic carbocycles. The fourth-order valence-corrected chi connectivity index (χ4v) is 1.26. The summed E-state index contributed by atoms with van der Waals surface area (Å²) in [5.74, 6) is 0.618. The maximum absolute atomic E-state index is 12.0. The largest absolute Gasteiger partial charge is 0.469 e. The van der Waals surface area contributed by atoms with Gasteiger partial charge in [-0.05, 0) is 0 Å². The molecule has 1 N–H and O–H groups in total. The van der Waals surface area contributed by atoms with Crippen molar-refractivity contribution in [1.29, 1.82) is 0 Å². The number of nitrogens with one attached hydrogen (secondary N) is 1. The van der Waals surface area contributed by atoms with Gasteiger partial charge in [-0.3, -0.25) is 4.40 Å². The molecule has 2 heterocycles. The number of halogens is 2. The van der Waals surface area contributed by atoms with Gasteiger partial charge in [0.2, 0.25) is 5.65 Å². The van der Waals surface area contributed by atoms with Crippen molar-refractivity contribution in [2.45, 2.75) is 6.43 Å². The van der Waals surface area contributed by atoms with E-state index in [-0.39, 0.29) is 5.88 Å². The number of rotatable bonds is 4. The van der Waals surface area contributed by atoms with Crippen molar-refractivity contribution >= 4 is 11.5 Å². The van der Waals surface area contributed by atoms with E-state index in [0.29, 0.717) is 11.5 Å². The van der Waals surface area contributed by atoms with Gasteiger partial charge in [0.05, 0.1) is 6.20 Å². The zero-order valence-corrected chi connectivity index (χ0v) is 8.52. The standard InChI is InChI=1S/C9H10F2N4O/c1-12-7-4-15-3-2-13-8(15)9(14-7)16-5-6(10)11/h2-4,6,12H,5H2,1H3. The number of fused-ring (bicyclic) bond motifs is 1. The average molecular weight is 228 g/mol. The van der Waals surface area contributed by atoms with Gasteiger partial charge in [0.15, 0.2) is 6.61 Å². The SMILES string of the molecule is CNc1cn2ccnc2c(OCC(F)F)n1. The molecule has 7 heteroatoms. The molecule has 0 saturated carbocycles. The highest BCUT2D eigenvalue weighted by Crippen LogP contribution is 2.18. The van der Waals surface area contributed by atoms with Crippen molar-refractivity contribution in [2.24, 2.45) is 0 Å². The zero-order chi connectivity index (χ0) is 11.5. The lowest BCUT2D eigenvalue weighted by Gasteiger charge is -2.08. The minimum Gasteiger partial charge on any atom is -0.469 e. The smallest absolute Gasteiger partial charge is 0.272 e. The number of imidazole rings is 1. The molecule has 0 spiro atoms. The van der Waals surface area contributed by atoms with Gasteiger partial charge >= 0.3 is 0 Å². The quantitative estimate of drug-likeness (QED) is 0.859. The van der Waals surface area contributed by atoms with Crippen LogP contribution in [-0.4, -0.2) is 34.4 Å². The Labute approximate surface area is 90.1 Å². The first-order valence-electron chi connectivity index (χ1n) is 4.63. The fraction of sp³-hybridized carbons (Fsp3) is 0.333. The van der Waals surface area contributed by atoms with Gasteiger partial charge in [-0.15, -0.1) is 0 Å². The molecular formula is C9H10F2N4O. The molecule has 0 saturated heterocycles. The third-order valence-corrected chi connectivity index (χ3v) is 1.95. The van der Waals surface area contributed by atoms with Gasteiger partial charge in [-0.2, -0.15) is 4.98 Å². The van der Waals surface area contributed by atoms with Crippen LogP contribution >= 0.6 is 0 Å². The topological polar surface area (TPSA) is 51.5 Å². The first kappa shape index (κ1) is 10.6. The molecule has 0 aliphatic carbocycles. The van der Waals surface area contributed by atoms with Gasteiger partial charge in [0.25, 0.3) is 12.3 Å². The van der Waals surface area contributed by atoms with Crippen LogP contribution in [0, 0.1) is 0 Å². The predicted molar refractivity (Wildman–Crippen MR) is 54.0 cm³/mol. The monoisotopic (exact) mass is 228 g/mol. The summed E-state index contributed by atoms with van der Waals surface area (Å²) < 4.78 is 30.6. The Balaban J connectivity index is 2.36. The Hall–Kier alpha value is -1.92. The normalized spacial score (nSPS) is 11.0. The highest BCUT2D eigenvalue weighted by atomic mass is 19.3. The van der Waals surface area contributed by atoms with E-state index in [9.17, 15) is 8.78 Å². The third kappa shape index (κ3) is 2.02. The van der Waals surface area contributed by atoms with Crippen LogP contribution in [0.15, 0.2) is 18.6 Å². The summed E-state index contributed by atoms with van der Waals surface area (Å²) in [5.41, 5.74) is 0.416. The van der Waals surface area contributed by atoms with Crippen LogP contribution in [0.3, 0.4) is 0 Å². The number of anilines is 1. The van der Waals surface area contributed by atoms with E-state index in [4.69, 9.17) is 4.74 Å². The lowest BCUT2D eigenvalue weighted by Crippen LogP contribution is -2.10. The average Bonchev–Trinajstić information content (AvgIpc) is 2.73. The zero-order valence-electron chi connectivity index (χ0n) is 8.52. The van der Waals surface area contributed by atoms with Crippen molar-refractivity contribution in [1.82, 2.24) is 14.4 Å². The summed E-state index contributed by atoms with van der Waals surface area (Å²) in [6, 6.07) is 0. The molecule has 0 bridgehead atoms. The van der Waals surface area contributed by atoms with Crippen LogP contribution in [0.25, 0.3) is 5.65 Å². The number of nitrogens with zero attached hydrogens (tertiary/aromatic N) is 3. The van der Waals surface area contributed by atoms with Gasteiger partial charge in [0, 0.05) is 19.4 Å². The summed E-state index contributed by atoms with van der Waals surface area (Å²) >= 11 is 0. The first-order chi connectivity index (χ1) is 7.70. The van der Waals surface area contributed by atoms with Gasteiger partial charge in [0.1, 0.15) is 5.82 Å². The van der Waals surface area contributed by atoms with E-state index in [1.807, 2.05) is 0 Å². The fourth-order valence-electron chi connectivity index (χ4n) is 1.26. The minimum atomic E-state index is -2.53. The second-order valence-corrected chi connectivity index (χ2v) is 3.04. The molecule has 0 amide bonds. The maximum atomic E-state index is 12.0. The van der Waals surface area contributed by atoms with Crippen LogP contribution in [0.5, 0.6) is 5.88 Å². The van der Waals surface area contributed by atoms with E-state index in [0.717, 1.165) is 0 Å². The molecule has 0 unspecified atom stereocenters. The molecule has 2 rings (SSSR count). The maximum Gasteiger partial charge on any atom is 0.272 e. The van der Waals surface area contributed by atoms with Crippen LogP contribution in [0.4, 0.5) is 14.6 Å². The van der Waals surface area contributed by atoms with Crippen LogP contribution in [0.1, 0.15) is 0 Å². The lowest BCUT2D eigenvalue weighted by molar-refractivity contribution is 0.0802. The number of aromatic nitrogens is 3. The lowest BCUT2D eigenvalue weighted by atomic mass is 10.6. The van der Waals surface area contributed by atoms with E-state index in [1.165, 1.54) is 0 Å². The molecule has 16 heavy (non-hydrogen) atoms. The van der Waals surface area contributed by atoms with Gasteiger partial charge < -0.3 is 10.1 Å². The van der Waals surface area contributed by atoms with E-state index in [1.54, 1.807) is 30.0 Å². The summed E-state index contributed by atoms with van der Waals surface area (Å²) in [4.78, 5) is 7.99. The summed E-state index contributed by atoms with van der Waals surface area (Å²) in [5, 5.41) is 2.81. The molecule has 2 aromatic heterocycles. The molecule has 0 aliphatic rings. The summed E-state index contributed by atoms with van der Waals surface area (Å²) in [7, 11) is 1.68. The predicted octanol–water partition coefficient (Wildman–Crippen LogP) is 1.41. The number of hydrogen-bond donors (Lipinski definition) is 1. The summed E-state index contributed by atoms with van der Waals surface area (Å²) in [6.45, 7) is -0.692. The highest BCUT2D eigenvalue weighted by molar-refractivity contribution is 5.53. The summed E-state index contributed by atoms with van der Waals surface area (Å²) in [6.07, 6.45) is 2.39. The first-order valence-corrected chi connectivity index (χ1v) is 4.63. The second-order valence-electron chi connectivity index (χ2n) is 3.04. The van der Waals surface area contributed by atoms with E-state index >= 15 is 0 Å². The van der Waals surface area contributed by atoms with Crippen LogP contribution < -0.4 is 10.1 Å². The van der Waals surface area contributed by atoms with Gasteiger partial charge in [-0.1, -0.05) is 0 Å². The third-order valence-electron chi connectivity index (χ3n) is 1.95. The number of ether oxygens (including phenoxy) is 1. The molecule has 2 aromatic rings. The van der Waals surface area contributed by atoms with Crippen molar-refractivity contribution < 1.29 is 13.5 Å². The molecular weight excluding hydrogens is 218 g/mol. The Morgan fingerprint density at radius 2 is 2.38 bits per heavy atom. The molecule has 0 fully saturated rings. The van der Waals surface area contributed by atoms with Crippen LogP contribution in [0.2, 0.25) is 0 Å². The van der Waals surface area contributed by atoms with E-state index in [2.05, 4.69) is 15.3 Å². The number of hydrogen-bond acceptors (Lipinski definition) is 4. The molecule has 0 atom stereocenters. The molecule has 5 nitrogen and oxygen atoms in total. The second kappa shape index (κ2) is 4.30. The van der Waals surface area contributed by atoms with Crippen molar-refractivity contribution in [3.8, 4) is 5.88 Å². The van der Waals surface area contributed by atoms with Crippen molar-refractivity contribution in [3.63, 3.8) is 0 Å². The molecule has 0 aliphatic heterocycles. The Bertz CT molecular complexity index is 485. The number of alkyl halides is 2. The Kier molecular flexibility index (Phi) is 2.84. The van der Waals surface area contributed by atoms with E-state index < -0.39 is 13.0 Å². The molecule has 86 valence electrons. The minimum absolute atomic E-state index is 0.0946. The Morgan fingerprint density at radius 3 is 3.06 bits per heavy atom. The molecule has 0 radical (unpaired) electrons. The van der Waals surface area contributed by atoms with Crippen molar-refractivity contribution in [2.75, 3.05) is 19.0 Å². The Morgan fingerprint density at radius 1 is 1.56 bits per heavy atom. The van der Waals surface area contributed by atoms with Crippen molar-refractivity contribution in [3.05, 3.63) is 18.6 Å². The van der Waals surface area contributed by atoms with Crippen LogP contribution in [-0.2, 0) is 0 Å².